The van der Waals surface area contributed by atoms with E-state index in [-0.39, 0.29) is 29.5 Å². The number of hydrogen-bond donors (Lipinski definition) is 1. The fourth-order valence-electron chi connectivity index (χ4n) is 4.44. The van der Waals surface area contributed by atoms with Crippen molar-refractivity contribution in [2.45, 2.75) is 70.9 Å². The fourth-order valence-corrected chi connectivity index (χ4v) is 4.44. The van der Waals surface area contributed by atoms with E-state index in [9.17, 15) is 14.4 Å². The van der Waals surface area contributed by atoms with E-state index in [1.165, 1.54) is 0 Å². The molecule has 1 saturated heterocycles. The Bertz CT molecular complexity index is 1060. The Kier molecular flexibility index (Phi) is 5.88. The first-order chi connectivity index (χ1) is 14.7. The first-order valence-electron chi connectivity index (χ1n) is 11.1. The van der Waals surface area contributed by atoms with E-state index < -0.39 is 5.60 Å². The first kappa shape index (κ1) is 21.6. The molecule has 7 heteroatoms. The number of nitrogens with two attached hydrogens (primary N) is 1. The molecule has 0 bridgehead atoms. The second-order valence-corrected chi connectivity index (χ2v) is 9.52. The van der Waals surface area contributed by atoms with Gasteiger partial charge in [0.15, 0.2) is 6.04 Å². The van der Waals surface area contributed by atoms with Crippen LogP contribution in [0.2, 0.25) is 0 Å². The molecule has 4 rings (SSSR count). The molecule has 2 aliphatic rings. The smallest absolute Gasteiger partial charge is 0.365 e. The number of fused-ring (bicyclic) bond motifs is 3. The molecular formula is C24H30NO6+. The lowest BCUT2D eigenvalue weighted by molar-refractivity contribution is -0.690. The lowest BCUT2D eigenvalue weighted by Crippen LogP contribution is -2.95. The van der Waals surface area contributed by atoms with Crippen LogP contribution < -0.4 is 15.7 Å². The maximum atomic E-state index is 12.7. The molecule has 0 spiro atoms. The van der Waals surface area contributed by atoms with Crippen LogP contribution in [0.25, 0.3) is 11.0 Å². The second-order valence-electron chi connectivity index (χ2n) is 9.52. The molecule has 1 fully saturated rings. The van der Waals surface area contributed by atoms with Gasteiger partial charge in [0.25, 0.3) is 0 Å². The summed E-state index contributed by atoms with van der Waals surface area (Å²) in [6.07, 6.45) is 4.82. The minimum absolute atomic E-state index is 0.243. The molecule has 2 N–H and O–H groups in total. The molecule has 0 unspecified atom stereocenters. The second kappa shape index (κ2) is 8.46. The minimum Gasteiger partial charge on any atom is -0.456 e. The summed E-state index contributed by atoms with van der Waals surface area (Å²) in [6.45, 7) is 6.00. The number of carbonyl (C=O) groups is 2. The minimum atomic E-state index is -0.523. The van der Waals surface area contributed by atoms with Gasteiger partial charge in [0, 0.05) is 23.4 Å². The van der Waals surface area contributed by atoms with Crippen LogP contribution in [-0.4, -0.2) is 30.1 Å². The number of esters is 2. The highest BCUT2D eigenvalue weighted by Crippen LogP contribution is 2.29. The van der Waals surface area contributed by atoms with Gasteiger partial charge in [0.1, 0.15) is 22.9 Å². The van der Waals surface area contributed by atoms with E-state index in [4.69, 9.17) is 13.9 Å². The Balaban J connectivity index is 1.41. The van der Waals surface area contributed by atoms with Crippen LogP contribution >= 0.6 is 0 Å². The Morgan fingerprint density at radius 3 is 2.48 bits per heavy atom. The van der Waals surface area contributed by atoms with Gasteiger partial charge in [-0.25, -0.2) is 9.59 Å². The molecule has 0 saturated carbocycles. The van der Waals surface area contributed by atoms with Crippen molar-refractivity contribution in [1.29, 1.82) is 0 Å². The predicted molar refractivity (Wildman–Crippen MR) is 114 cm³/mol. The van der Waals surface area contributed by atoms with Gasteiger partial charge in [0.2, 0.25) is 0 Å². The normalized spacial score (nSPS) is 21.4. The van der Waals surface area contributed by atoms with Gasteiger partial charge in [-0.15, -0.1) is 0 Å². The summed E-state index contributed by atoms with van der Waals surface area (Å²) in [5.74, 6) is -0.513. The molecule has 7 nitrogen and oxygen atoms in total. The Morgan fingerprint density at radius 1 is 1.06 bits per heavy atom. The lowest BCUT2D eigenvalue weighted by Gasteiger charge is -2.27. The van der Waals surface area contributed by atoms with E-state index in [2.05, 4.69) is 0 Å². The van der Waals surface area contributed by atoms with Crippen LogP contribution in [0, 0.1) is 5.92 Å². The average Bonchev–Trinajstić information content (AvgIpc) is 2.73. The largest absolute Gasteiger partial charge is 0.456 e. The number of piperidine rings is 1. The zero-order valence-corrected chi connectivity index (χ0v) is 18.4. The van der Waals surface area contributed by atoms with Gasteiger partial charge in [-0.3, -0.25) is 4.79 Å². The van der Waals surface area contributed by atoms with Crippen molar-refractivity contribution in [2.75, 3.05) is 6.54 Å². The summed E-state index contributed by atoms with van der Waals surface area (Å²) in [5, 5.41) is 2.77. The van der Waals surface area contributed by atoms with Crippen molar-refractivity contribution in [3.63, 3.8) is 0 Å². The first-order valence-corrected chi connectivity index (χ1v) is 11.1. The standard InChI is InChI=1S/C24H29NO6/c1-24(2,3)31-23(28)19-11-8-14(13-25-19)21(26)29-15-9-10-17-16-6-4-5-7-18(16)22(27)30-20(17)12-15/h9-10,12,14,19,25H,4-8,11,13H2,1-3H3/p+1/t14-,19-/m0/s1. The third-order valence-corrected chi connectivity index (χ3v) is 5.99. The van der Waals surface area contributed by atoms with Gasteiger partial charge in [-0.2, -0.15) is 0 Å². The zero-order valence-electron chi connectivity index (χ0n) is 18.4. The van der Waals surface area contributed by atoms with E-state index >= 15 is 0 Å². The average molecular weight is 429 g/mol. The van der Waals surface area contributed by atoms with Crippen LogP contribution in [0.1, 0.15) is 57.6 Å². The monoisotopic (exact) mass is 428 g/mol. The Labute approximate surface area is 181 Å². The number of aryl methyl sites for hydroxylation is 1. The third-order valence-electron chi connectivity index (χ3n) is 5.99. The third kappa shape index (κ3) is 4.82. The summed E-state index contributed by atoms with van der Waals surface area (Å²) in [6, 6.07) is 4.96. The number of rotatable bonds is 3. The molecule has 0 amide bonds. The van der Waals surface area contributed by atoms with Crippen molar-refractivity contribution in [3.8, 4) is 5.75 Å². The van der Waals surface area contributed by atoms with Crippen LogP contribution in [0.5, 0.6) is 5.75 Å². The highest BCUT2D eigenvalue weighted by molar-refractivity contribution is 5.84. The van der Waals surface area contributed by atoms with Crippen LogP contribution in [0.4, 0.5) is 0 Å². The lowest BCUT2D eigenvalue weighted by atomic mass is 9.91. The molecule has 166 valence electrons. The van der Waals surface area contributed by atoms with Gasteiger partial charge in [0.05, 0.1) is 6.54 Å². The predicted octanol–water partition coefficient (Wildman–Crippen LogP) is 2.26. The van der Waals surface area contributed by atoms with Crippen molar-refractivity contribution in [3.05, 3.63) is 39.7 Å². The molecule has 0 radical (unpaired) electrons. The maximum absolute atomic E-state index is 12.7. The van der Waals surface area contributed by atoms with E-state index in [0.29, 0.717) is 30.7 Å². The van der Waals surface area contributed by atoms with Gasteiger partial charge in [-0.05, 0) is 70.6 Å². The quantitative estimate of drug-likeness (QED) is 0.457. The molecule has 2 aromatic rings. The SMILES string of the molecule is CC(C)(C)OC(=O)[C@@H]1CC[C@H](C(=O)Oc2ccc3c4c(c(=O)oc3c2)CCCC4)C[NH2+]1. The molecule has 1 aliphatic carbocycles. The summed E-state index contributed by atoms with van der Waals surface area (Å²) in [4.78, 5) is 37.2. The number of hydrogen-bond acceptors (Lipinski definition) is 6. The number of quaternary nitrogens is 1. The highest BCUT2D eigenvalue weighted by atomic mass is 16.6. The molecule has 2 atom stereocenters. The molecular weight excluding hydrogens is 398 g/mol. The number of benzene rings is 1. The summed E-state index contributed by atoms with van der Waals surface area (Å²) in [7, 11) is 0. The molecule has 2 heterocycles. The molecule has 31 heavy (non-hydrogen) atoms. The van der Waals surface area contributed by atoms with Crippen molar-refractivity contribution in [1.82, 2.24) is 0 Å². The van der Waals surface area contributed by atoms with Crippen molar-refractivity contribution >= 4 is 22.9 Å². The molecule has 1 aromatic carbocycles. The maximum Gasteiger partial charge on any atom is 0.365 e. The zero-order chi connectivity index (χ0) is 22.2. The van der Waals surface area contributed by atoms with E-state index in [0.717, 1.165) is 42.2 Å². The molecule has 1 aromatic heterocycles. The Morgan fingerprint density at radius 2 is 1.81 bits per heavy atom. The van der Waals surface area contributed by atoms with Gasteiger partial charge < -0.3 is 19.2 Å². The van der Waals surface area contributed by atoms with E-state index in [1.54, 1.807) is 12.1 Å². The number of carbonyl (C=O) groups excluding carboxylic acids is 2. The van der Waals surface area contributed by atoms with Crippen molar-refractivity contribution < 1.29 is 28.8 Å². The van der Waals surface area contributed by atoms with Gasteiger partial charge in [-0.1, -0.05) is 0 Å². The van der Waals surface area contributed by atoms with Crippen molar-refractivity contribution in [2.24, 2.45) is 5.92 Å². The fraction of sp³-hybridized carbons (Fsp3) is 0.542. The Hall–Kier alpha value is -2.67. The van der Waals surface area contributed by atoms with E-state index in [1.807, 2.05) is 32.2 Å². The summed E-state index contributed by atoms with van der Waals surface area (Å²) < 4.78 is 16.5. The van der Waals surface area contributed by atoms with Gasteiger partial charge >= 0.3 is 17.6 Å². The summed E-state index contributed by atoms with van der Waals surface area (Å²) in [5.41, 5.74) is 1.48. The van der Waals surface area contributed by atoms with Crippen LogP contribution in [0.15, 0.2) is 27.4 Å². The summed E-state index contributed by atoms with van der Waals surface area (Å²) >= 11 is 0. The topological polar surface area (TPSA) is 99.4 Å². The highest BCUT2D eigenvalue weighted by Gasteiger charge is 2.36. The molecule has 1 aliphatic heterocycles. The van der Waals surface area contributed by atoms with Crippen LogP contribution in [-0.2, 0) is 27.2 Å². The van der Waals surface area contributed by atoms with Crippen LogP contribution in [0.3, 0.4) is 0 Å². The number of ether oxygens (including phenoxy) is 2.